The topological polar surface area (TPSA) is 58.2 Å². The first-order valence-electron chi connectivity index (χ1n) is 13.1. The van der Waals surface area contributed by atoms with Crippen LogP contribution in [0.25, 0.3) is 0 Å². The molecule has 3 aliphatic rings. The van der Waals surface area contributed by atoms with Crippen molar-refractivity contribution in [3.8, 4) is 0 Å². The number of halogens is 3. The van der Waals surface area contributed by atoms with Crippen LogP contribution in [0.1, 0.15) is 77.3 Å². The summed E-state index contributed by atoms with van der Waals surface area (Å²) < 4.78 is 30.0. The summed E-state index contributed by atoms with van der Waals surface area (Å²) in [6.45, 7) is 10.6. The van der Waals surface area contributed by atoms with Crippen molar-refractivity contribution in [2.24, 2.45) is 16.7 Å². The number of carbonyl (C=O) groups is 2. The highest BCUT2D eigenvalue weighted by Gasteiger charge is 2.66. The van der Waals surface area contributed by atoms with E-state index in [0.717, 1.165) is 12.8 Å². The van der Waals surface area contributed by atoms with Crippen molar-refractivity contribution < 1.29 is 18.4 Å². The summed E-state index contributed by atoms with van der Waals surface area (Å²) in [7, 11) is 0. The maximum Gasteiger partial charge on any atom is 0.237 e. The van der Waals surface area contributed by atoms with Crippen molar-refractivity contribution in [3.63, 3.8) is 0 Å². The van der Waals surface area contributed by atoms with E-state index in [1.54, 1.807) is 18.2 Å². The Hall–Kier alpha value is -2.31. The van der Waals surface area contributed by atoms with Crippen LogP contribution < -0.4 is 10.6 Å². The smallest absolute Gasteiger partial charge is 0.237 e. The van der Waals surface area contributed by atoms with Gasteiger partial charge in [-0.2, -0.15) is 0 Å². The van der Waals surface area contributed by atoms with E-state index >= 15 is 4.39 Å². The number of nitrogens with one attached hydrogen (secondary N) is 2. The molecule has 1 saturated heterocycles. The van der Waals surface area contributed by atoms with Crippen LogP contribution in [0.5, 0.6) is 0 Å². The lowest BCUT2D eigenvalue weighted by Gasteiger charge is -2.43. The van der Waals surface area contributed by atoms with E-state index in [0.29, 0.717) is 24.1 Å². The Kier molecular flexibility index (Phi) is 6.31. The molecule has 5 rings (SSSR count). The molecule has 4 nitrogen and oxygen atoms in total. The number of Topliss-reactive ketones (excluding diaryl/α,β-unsaturated/α-hetero) is 1. The van der Waals surface area contributed by atoms with Gasteiger partial charge in [-0.05, 0) is 65.3 Å². The van der Waals surface area contributed by atoms with Crippen molar-refractivity contribution in [2.75, 3.05) is 5.32 Å². The minimum atomic E-state index is -1.30. The number of rotatable bonds is 5. The summed E-state index contributed by atoms with van der Waals surface area (Å²) in [6, 6.07) is 7.71. The highest BCUT2D eigenvalue weighted by molar-refractivity contribution is 6.30. The summed E-state index contributed by atoms with van der Waals surface area (Å²) in [5, 5.41) is 6.33. The van der Waals surface area contributed by atoms with E-state index in [1.165, 1.54) is 18.2 Å². The molecule has 198 valence electrons. The number of ketones is 1. The van der Waals surface area contributed by atoms with E-state index in [-0.39, 0.29) is 39.0 Å². The molecule has 0 unspecified atom stereocenters. The van der Waals surface area contributed by atoms with Gasteiger partial charge < -0.3 is 10.6 Å². The Morgan fingerprint density at radius 1 is 1.14 bits per heavy atom. The van der Waals surface area contributed by atoms with Crippen molar-refractivity contribution in [1.82, 2.24) is 5.32 Å². The van der Waals surface area contributed by atoms with Crippen molar-refractivity contribution in [2.45, 2.75) is 83.7 Å². The van der Waals surface area contributed by atoms with Gasteiger partial charge in [-0.3, -0.25) is 9.59 Å². The highest BCUT2D eigenvalue weighted by Crippen LogP contribution is 2.57. The minimum absolute atomic E-state index is 0.0241. The Morgan fingerprint density at radius 3 is 2.49 bits per heavy atom. The van der Waals surface area contributed by atoms with E-state index in [9.17, 15) is 14.0 Å². The zero-order chi connectivity index (χ0) is 26.9. The number of amides is 1. The molecule has 37 heavy (non-hydrogen) atoms. The Bertz CT molecular complexity index is 1260. The van der Waals surface area contributed by atoms with Gasteiger partial charge in [-0.15, -0.1) is 0 Å². The van der Waals surface area contributed by atoms with Crippen molar-refractivity contribution >= 4 is 29.0 Å². The molecule has 1 saturated carbocycles. The molecule has 1 amide bonds. The number of hydrogen-bond donors (Lipinski definition) is 2. The van der Waals surface area contributed by atoms with Gasteiger partial charge in [-0.1, -0.05) is 64.4 Å². The second-order valence-electron chi connectivity index (χ2n) is 13.2. The number of anilines is 1. The van der Waals surface area contributed by atoms with Gasteiger partial charge in [0, 0.05) is 24.1 Å². The molecule has 2 aromatic rings. The lowest BCUT2D eigenvalue weighted by atomic mass is 9.60. The van der Waals surface area contributed by atoms with Crippen molar-refractivity contribution in [3.05, 3.63) is 64.2 Å². The normalized spacial score (nSPS) is 28.8. The van der Waals surface area contributed by atoms with E-state index in [2.05, 4.69) is 45.3 Å². The van der Waals surface area contributed by atoms with Gasteiger partial charge in [0.25, 0.3) is 0 Å². The number of carbonyl (C=O) groups excluding carboxylic acids is 2. The SMILES string of the molecule is CC(C)(C)C[C@@H]1N[C@@H](C(=O)CC2CC(C)(C)C2)[C@H](c2cccc(Cl)c2F)[C@]12C(=O)Nc1cc(F)ccc12. The number of fused-ring (bicyclic) bond motifs is 2. The Morgan fingerprint density at radius 2 is 1.84 bits per heavy atom. The third-order valence-electron chi connectivity index (χ3n) is 8.46. The lowest BCUT2D eigenvalue weighted by molar-refractivity contribution is -0.124. The molecule has 2 aliphatic heterocycles. The van der Waals surface area contributed by atoms with Gasteiger partial charge in [0.1, 0.15) is 17.0 Å². The monoisotopic (exact) mass is 528 g/mol. The van der Waals surface area contributed by atoms with Crippen molar-refractivity contribution in [1.29, 1.82) is 0 Å². The lowest BCUT2D eigenvalue weighted by Crippen LogP contribution is -2.49. The van der Waals surface area contributed by atoms with E-state index < -0.39 is 35.1 Å². The molecule has 2 N–H and O–H groups in total. The fourth-order valence-corrected chi connectivity index (χ4v) is 7.44. The fourth-order valence-electron chi connectivity index (χ4n) is 7.26. The zero-order valence-corrected chi connectivity index (χ0v) is 22.8. The van der Waals surface area contributed by atoms with Gasteiger partial charge in [0.2, 0.25) is 5.91 Å². The van der Waals surface area contributed by atoms with E-state index in [1.807, 2.05) is 0 Å². The minimum Gasteiger partial charge on any atom is -0.325 e. The molecule has 7 heteroatoms. The van der Waals surface area contributed by atoms with Gasteiger partial charge in [-0.25, -0.2) is 8.78 Å². The molecule has 0 aromatic heterocycles. The fraction of sp³-hybridized carbons (Fsp3) is 0.533. The average Bonchev–Trinajstić information content (AvgIpc) is 3.23. The molecule has 1 aliphatic carbocycles. The third kappa shape index (κ3) is 4.40. The molecule has 2 fully saturated rings. The second kappa shape index (κ2) is 8.88. The molecular weight excluding hydrogens is 494 g/mol. The molecular formula is C30H35ClF2N2O2. The van der Waals surface area contributed by atoms with Crippen LogP contribution in [0.15, 0.2) is 36.4 Å². The number of hydrogen-bond acceptors (Lipinski definition) is 3. The standard InChI is InChI=1S/C30H35ClF2N2O2/c1-28(2,3)15-23-30(19-10-9-17(32)12-21(19)34-27(30)37)24(18-7-6-8-20(31)25(18)33)26(35-23)22(36)11-16-13-29(4,5)14-16/h6-10,12,16,23-24,26,35H,11,13-15H2,1-5H3,(H,34,37)/t23-,24-,26-,30+/m0/s1. The van der Waals surface area contributed by atoms with Gasteiger partial charge >= 0.3 is 0 Å². The van der Waals surface area contributed by atoms with Crippen LogP contribution >= 0.6 is 11.6 Å². The molecule has 1 spiro atoms. The van der Waals surface area contributed by atoms with Gasteiger partial charge in [0.05, 0.1) is 11.1 Å². The predicted molar refractivity (Wildman–Crippen MR) is 142 cm³/mol. The Labute approximate surface area is 222 Å². The van der Waals surface area contributed by atoms with E-state index in [4.69, 9.17) is 11.6 Å². The van der Waals surface area contributed by atoms with Crippen LogP contribution in [-0.4, -0.2) is 23.8 Å². The summed E-state index contributed by atoms with van der Waals surface area (Å²) in [6.07, 6.45) is 2.84. The summed E-state index contributed by atoms with van der Waals surface area (Å²) in [5.74, 6) is -2.04. The first-order chi connectivity index (χ1) is 17.2. The average molecular weight is 529 g/mol. The van der Waals surface area contributed by atoms with Crippen LogP contribution in [0.2, 0.25) is 5.02 Å². The quantitative estimate of drug-likeness (QED) is 0.450. The Balaban J connectivity index is 1.69. The molecule has 0 bridgehead atoms. The molecule has 2 heterocycles. The first-order valence-corrected chi connectivity index (χ1v) is 13.4. The second-order valence-corrected chi connectivity index (χ2v) is 13.6. The maximum atomic E-state index is 15.7. The molecule has 4 atom stereocenters. The van der Waals surface area contributed by atoms with Crippen LogP contribution in [0.3, 0.4) is 0 Å². The first kappa shape index (κ1) is 26.3. The van der Waals surface area contributed by atoms with Crippen LogP contribution in [0.4, 0.5) is 14.5 Å². The summed E-state index contributed by atoms with van der Waals surface area (Å²) in [5.41, 5.74) is -0.105. The largest absolute Gasteiger partial charge is 0.325 e. The zero-order valence-electron chi connectivity index (χ0n) is 22.1. The molecule has 0 radical (unpaired) electrons. The maximum absolute atomic E-state index is 15.7. The van der Waals surface area contributed by atoms with Gasteiger partial charge in [0.15, 0.2) is 5.78 Å². The predicted octanol–water partition coefficient (Wildman–Crippen LogP) is 6.76. The molecule has 2 aromatic carbocycles. The third-order valence-corrected chi connectivity index (χ3v) is 8.75. The summed E-state index contributed by atoms with van der Waals surface area (Å²) >= 11 is 6.23. The van der Waals surface area contributed by atoms with Crippen LogP contribution in [0, 0.1) is 28.4 Å². The summed E-state index contributed by atoms with van der Waals surface area (Å²) in [4.78, 5) is 28.0. The number of benzene rings is 2. The highest BCUT2D eigenvalue weighted by atomic mass is 35.5. The van der Waals surface area contributed by atoms with Crippen LogP contribution in [-0.2, 0) is 15.0 Å².